The highest BCUT2D eigenvalue weighted by molar-refractivity contribution is 7.66. The summed E-state index contributed by atoms with van der Waals surface area (Å²) in [6, 6.07) is 1.53. The molecule has 3 aromatic heterocycles. The molecule has 1 fully saturated rings. The van der Waals surface area contributed by atoms with E-state index in [2.05, 4.69) is 38.1 Å². The van der Waals surface area contributed by atoms with Crippen molar-refractivity contribution in [2.45, 2.75) is 31.4 Å². The molecule has 1 aliphatic rings. The fourth-order valence-corrected chi connectivity index (χ4v) is 7.53. The Kier molecular flexibility index (Phi) is 9.36. The number of rotatable bonds is 12. The third-order valence-corrected chi connectivity index (χ3v) is 9.99. The molecule has 4 heterocycles. The third kappa shape index (κ3) is 7.88. The maximum atomic E-state index is 13.0. The third-order valence-electron chi connectivity index (χ3n) is 5.25. The molecule has 1 saturated heterocycles. The van der Waals surface area contributed by atoms with Gasteiger partial charge in [-0.2, -0.15) is 13.6 Å². The van der Waals surface area contributed by atoms with Crippen LogP contribution in [0.2, 0.25) is 0 Å². The van der Waals surface area contributed by atoms with Crippen LogP contribution in [0.4, 0.5) is 5.95 Å². The fraction of sp³-hybridized carbons (Fsp3) is 0.375. The second kappa shape index (κ2) is 12.3. The Morgan fingerprint density at radius 1 is 1.29 bits per heavy atom. The van der Waals surface area contributed by atoms with Crippen LogP contribution in [0.25, 0.3) is 21.6 Å². The number of esters is 1. The molecule has 0 aliphatic carbocycles. The lowest BCUT2D eigenvalue weighted by Gasteiger charge is -2.21. The minimum atomic E-state index is -5.80. The number of phosphoric acid groups is 3. The molecule has 0 spiro atoms. The number of phosphoric ester groups is 1. The lowest BCUT2D eigenvalue weighted by Crippen LogP contribution is -2.31. The van der Waals surface area contributed by atoms with Crippen molar-refractivity contribution in [3.8, 4) is 0 Å². The Morgan fingerprint density at radius 3 is 2.71 bits per heavy atom. The fourth-order valence-electron chi connectivity index (χ4n) is 3.71. The van der Waals surface area contributed by atoms with E-state index in [1.54, 1.807) is 5.38 Å². The number of thiophene rings is 1. The molecular formula is C16H19N8O14P3S. The molecule has 26 heteroatoms. The van der Waals surface area contributed by atoms with Gasteiger partial charge in [-0.1, -0.05) is 5.11 Å². The lowest BCUT2D eigenvalue weighted by molar-refractivity contribution is -0.0489. The summed E-state index contributed by atoms with van der Waals surface area (Å²) in [5.74, 6) is -1.13. The van der Waals surface area contributed by atoms with Gasteiger partial charge in [0, 0.05) is 11.3 Å². The number of ether oxygens (including phenoxy) is 2. The zero-order valence-electron chi connectivity index (χ0n) is 20.5. The quantitative estimate of drug-likeness (QED) is 0.0521. The number of H-pyrrole nitrogens is 1. The van der Waals surface area contributed by atoms with Gasteiger partial charge in [0.25, 0.3) is 5.56 Å². The normalized spacial score (nSPS) is 21.9. The molecule has 0 amide bonds. The zero-order valence-corrected chi connectivity index (χ0v) is 24.0. The van der Waals surface area contributed by atoms with E-state index in [4.69, 9.17) is 30.5 Å². The molecule has 0 saturated carbocycles. The predicted molar refractivity (Wildman–Crippen MR) is 137 cm³/mol. The zero-order chi connectivity index (χ0) is 30.9. The number of fused-ring (bicyclic) bond motifs is 1. The van der Waals surface area contributed by atoms with E-state index < -0.39 is 60.0 Å². The van der Waals surface area contributed by atoms with Gasteiger partial charge in [-0.15, -0.1) is 11.3 Å². The smallest absolute Gasteiger partial charge is 0.455 e. The van der Waals surface area contributed by atoms with Crippen LogP contribution in [0.5, 0.6) is 0 Å². The number of nitrogens with zero attached hydrogens (tertiary/aromatic N) is 6. The molecular weight excluding hydrogens is 653 g/mol. The van der Waals surface area contributed by atoms with Gasteiger partial charge in [-0.25, -0.2) is 23.5 Å². The summed E-state index contributed by atoms with van der Waals surface area (Å²) >= 11 is 0.977. The van der Waals surface area contributed by atoms with Crippen LogP contribution in [0, 0.1) is 0 Å². The number of imidazole rings is 1. The van der Waals surface area contributed by atoms with E-state index in [0.29, 0.717) is 5.56 Å². The molecule has 7 N–H and O–H groups in total. The topological polar surface area (TPSA) is 334 Å². The molecule has 3 unspecified atom stereocenters. The van der Waals surface area contributed by atoms with Gasteiger partial charge in [-0.05, 0) is 22.5 Å². The first-order valence-corrected chi connectivity index (χ1v) is 16.4. The highest BCUT2D eigenvalue weighted by Crippen LogP contribution is 2.66. The molecule has 0 bridgehead atoms. The van der Waals surface area contributed by atoms with Crippen molar-refractivity contribution in [2.75, 3.05) is 12.3 Å². The number of aromatic nitrogens is 4. The van der Waals surface area contributed by atoms with E-state index in [1.807, 2.05) is 0 Å². The van der Waals surface area contributed by atoms with Gasteiger partial charge < -0.3 is 34.8 Å². The van der Waals surface area contributed by atoms with Crippen molar-refractivity contribution < 1.29 is 60.7 Å². The summed E-state index contributed by atoms with van der Waals surface area (Å²) in [5.41, 5.74) is 13.8. The highest BCUT2D eigenvalue weighted by atomic mass is 32.1. The molecule has 22 nitrogen and oxygen atoms in total. The van der Waals surface area contributed by atoms with Crippen LogP contribution in [0.1, 0.15) is 27.9 Å². The Hall–Kier alpha value is -3.00. The first kappa shape index (κ1) is 31.9. The van der Waals surface area contributed by atoms with E-state index >= 15 is 0 Å². The maximum Gasteiger partial charge on any atom is 0.490 e. The molecule has 0 aromatic carbocycles. The van der Waals surface area contributed by atoms with Gasteiger partial charge >= 0.3 is 29.4 Å². The number of carbonyl (C=O) groups excluding carboxylic acids is 1. The van der Waals surface area contributed by atoms with Gasteiger partial charge in [0.15, 0.2) is 11.2 Å². The van der Waals surface area contributed by atoms with Crippen LogP contribution < -0.4 is 11.3 Å². The standard InChI is InChI=1S/C16H19N8O14P3S/c17-16-21-13-11(14(25)22-16)19-6-24(13)10-3-8(36-15(26)12-7(1-2-42-12)4-20-23-18)9(35-10)5-34-40(30,31)38-41(32,33)37-39(27,28)29/h1-2,6,8-10H,3-5H2,(H,30,31)(H,32,33)(H2,27,28,29)(H3,17,21,22,25)/t8?,9-,10-/m1/s1. The SMILES string of the molecule is [N-]=[N+]=NCc1ccsc1C(=O)OC1C[C@H](n2cnc3c(=O)[nH]c(N)nc32)O[C@@H]1COP(=O)(O)OP(=O)(O)OP(=O)(O)O. The van der Waals surface area contributed by atoms with Crippen molar-refractivity contribution in [3.05, 3.63) is 49.0 Å². The van der Waals surface area contributed by atoms with Crippen LogP contribution in [-0.4, -0.2) is 63.9 Å². The van der Waals surface area contributed by atoms with E-state index in [1.165, 1.54) is 17.0 Å². The number of nitrogen functional groups attached to an aromatic ring is 1. The van der Waals surface area contributed by atoms with E-state index in [9.17, 15) is 33.1 Å². The van der Waals surface area contributed by atoms with Crippen molar-refractivity contribution in [2.24, 2.45) is 5.11 Å². The molecule has 228 valence electrons. The Balaban J connectivity index is 1.57. The molecule has 42 heavy (non-hydrogen) atoms. The number of hydrogen-bond acceptors (Lipinski definition) is 15. The number of hydrogen-bond donors (Lipinski definition) is 6. The summed E-state index contributed by atoms with van der Waals surface area (Å²) in [6.07, 6.45) is -2.71. The van der Waals surface area contributed by atoms with E-state index in [-0.39, 0.29) is 35.0 Å². The first-order valence-electron chi connectivity index (χ1n) is 11.0. The van der Waals surface area contributed by atoms with E-state index in [0.717, 1.165) is 11.3 Å². The van der Waals surface area contributed by atoms with Crippen molar-refractivity contribution in [3.63, 3.8) is 0 Å². The molecule has 3 aromatic rings. The maximum absolute atomic E-state index is 13.0. The van der Waals surface area contributed by atoms with Crippen molar-refractivity contribution >= 4 is 57.9 Å². The van der Waals surface area contributed by atoms with Crippen molar-refractivity contribution in [1.82, 2.24) is 19.5 Å². The summed E-state index contributed by atoms with van der Waals surface area (Å²) in [6.45, 7) is -1.11. The Bertz CT molecular complexity index is 1750. The highest BCUT2D eigenvalue weighted by Gasteiger charge is 2.44. The minimum Gasteiger partial charge on any atom is -0.455 e. The predicted octanol–water partition coefficient (Wildman–Crippen LogP) is 1.43. The number of azide groups is 1. The summed E-state index contributed by atoms with van der Waals surface area (Å²) in [7, 11) is -17.0. The second-order valence-electron chi connectivity index (χ2n) is 8.13. The molecule has 0 radical (unpaired) electrons. The Morgan fingerprint density at radius 2 is 2.02 bits per heavy atom. The van der Waals surface area contributed by atoms with Crippen LogP contribution in [0.15, 0.2) is 27.7 Å². The number of aromatic amines is 1. The van der Waals surface area contributed by atoms with Crippen LogP contribution >= 0.6 is 34.8 Å². The minimum absolute atomic E-state index is 0.0187. The van der Waals surface area contributed by atoms with Crippen molar-refractivity contribution in [1.29, 1.82) is 0 Å². The second-order valence-corrected chi connectivity index (χ2v) is 13.5. The van der Waals surface area contributed by atoms with Gasteiger partial charge in [-0.3, -0.25) is 18.9 Å². The number of nitrogens with two attached hydrogens (primary N) is 1. The first-order chi connectivity index (χ1) is 19.6. The largest absolute Gasteiger partial charge is 0.490 e. The van der Waals surface area contributed by atoms with Gasteiger partial charge in [0.1, 0.15) is 23.3 Å². The van der Waals surface area contributed by atoms with Crippen LogP contribution in [-0.2, 0) is 42.9 Å². The average Bonchev–Trinajstić information content (AvgIpc) is 3.57. The lowest BCUT2D eigenvalue weighted by atomic mass is 10.2. The molecule has 5 atom stereocenters. The number of anilines is 1. The van der Waals surface area contributed by atoms with Gasteiger partial charge in [0.05, 0.1) is 19.5 Å². The van der Waals surface area contributed by atoms with Gasteiger partial charge in [0.2, 0.25) is 5.95 Å². The monoisotopic (exact) mass is 672 g/mol. The summed E-state index contributed by atoms with van der Waals surface area (Å²) < 4.78 is 59.4. The molecule has 1 aliphatic heterocycles. The summed E-state index contributed by atoms with van der Waals surface area (Å²) in [4.78, 5) is 74.7. The number of carbonyl (C=O) groups is 1. The number of nitrogens with one attached hydrogen (secondary N) is 1. The molecule has 4 rings (SSSR count). The summed E-state index contributed by atoms with van der Waals surface area (Å²) in [5, 5.41) is 4.95. The van der Waals surface area contributed by atoms with Crippen LogP contribution in [0.3, 0.4) is 0 Å². The average molecular weight is 672 g/mol. The Labute approximate surface area is 236 Å².